The minimum Gasteiger partial charge on any atom is -0.305 e. The maximum Gasteiger partial charge on any atom is 0.260 e. The molecule has 4 nitrogen and oxygen atoms in total. The van der Waals surface area contributed by atoms with Gasteiger partial charge in [-0.2, -0.15) is 4.57 Å². The Kier molecular flexibility index (Phi) is 3.96. The van der Waals surface area contributed by atoms with Crippen molar-refractivity contribution >= 4 is 21.6 Å². The largest absolute Gasteiger partial charge is 0.305 e. The number of nitrogens with zero attached hydrogens (tertiary/aromatic N) is 2. The summed E-state index contributed by atoms with van der Waals surface area (Å²) < 4.78 is 2.05. The van der Waals surface area contributed by atoms with E-state index in [0.29, 0.717) is 12.5 Å². The van der Waals surface area contributed by atoms with E-state index in [0.717, 1.165) is 35.3 Å². The summed E-state index contributed by atoms with van der Waals surface area (Å²) in [5.41, 5.74) is 2.57. The van der Waals surface area contributed by atoms with Crippen LogP contribution in [0.5, 0.6) is 0 Å². The van der Waals surface area contributed by atoms with Crippen molar-refractivity contribution in [2.45, 2.75) is 46.1 Å². The fraction of sp³-hybridized carbons (Fsp3) is 0.421. The van der Waals surface area contributed by atoms with Gasteiger partial charge in [0.1, 0.15) is 4.83 Å². The molecule has 1 aliphatic carbocycles. The zero-order valence-electron chi connectivity index (χ0n) is 14.1. The molecule has 3 aromatic rings. The first kappa shape index (κ1) is 15.5. The molecule has 1 N–H and O–H groups in total. The molecule has 1 atom stereocenters. The van der Waals surface area contributed by atoms with E-state index in [1.807, 2.05) is 12.4 Å². The highest BCUT2D eigenvalue weighted by Crippen LogP contribution is 2.35. The zero-order valence-corrected chi connectivity index (χ0v) is 14.9. The average molecular weight is 340 g/mol. The van der Waals surface area contributed by atoms with Gasteiger partial charge in [-0.3, -0.25) is 4.79 Å². The lowest BCUT2D eigenvalue weighted by Gasteiger charge is -2.17. The highest BCUT2D eigenvalue weighted by atomic mass is 32.1. The summed E-state index contributed by atoms with van der Waals surface area (Å²) in [6, 6.07) is 4.23. The third-order valence-corrected chi connectivity index (χ3v) is 6.06. The Bertz CT molecular complexity index is 940. The Morgan fingerprint density at radius 3 is 2.92 bits per heavy atom. The molecule has 0 saturated heterocycles. The molecule has 0 bridgehead atoms. The Balaban J connectivity index is 1.71. The average Bonchev–Trinajstić information content (AvgIpc) is 2.93. The standard InChI is InChI=1S/C19H21N3OS/c1-3-13-6-8-22(9-7-13)11-16-20-18(23)17-14-5-4-12(2)10-15(14)24-19(17)21-16/h6-9,12H,3-5,10-11H2,1-2H3/p+1/t12-/m0/s1. The van der Waals surface area contributed by atoms with Crippen LogP contribution in [0.4, 0.5) is 0 Å². The zero-order chi connectivity index (χ0) is 16.7. The molecule has 124 valence electrons. The number of pyridine rings is 1. The lowest BCUT2D eigenvalue weighted by Crippen LogP contribution is -2.35. The molecule has 4 rings (SSSR count). The van der Waals surface area contributed by atoms with Crippen molar-refractivity contribution < 1.29 is 4.57 Å². The van der Waals surface area contributed by atoms with Gasteiger partial charge in [0.15, 0.2) is 18.2 Å². The molecule has 24 heavy (non-hydrogen) atoms. The monoisotopic (exact) mass is 340 g/mol. The molecular weight excluding hydrogens is 318 g/mol. The first-order chi connectivity index (χ1) is 11.6. The third kappa shape index (κ3) is 2.77. The number of thiophene rings is 1. The Morgan fingerprint density at radius 2 is 2.17 bits per heavy atom. The van der Waals surface area contributed by atoms with Crippen molar-refractivity contribution in [1.82, 2.24) is 9.97 Å². The molecule has 3 heterocycles. The second-order valence-electron chi connectivity index (χ2n) is 6.78. The highest BCUT2D eigenvalue weighted by molar-refractivity contribution is 7.18. The molecule has 1 aliphatic rings. The second-order valence-corrected chi connectivity index (χ2v) is 7.86. The van der Waals surface area contributed by atoms with E-state index < -0.39 is 0 Å². The number of H-pyrrole nitrogens is 1. The van der Waals surface area contributed by atoms with Crippen molar-refractivity contribution in [1.29, 1.82) is 0 Å². The molecule has 5 heteroatoms. The van der Waals surface area contributed by atoms with Gasteiger partial charge in [-0.1, -0.05) is 13.8 Å². The quantitative estimate of drug-likeness (QED) is 0.745. The van der Waals surface area contributed by atoms with Gasteiger partial charge in [-0.25, -0.2) is 4.98 Å². The first-order valence-corrected chi connectivity index (χ1v) is 9.47. The molecule has 0 fully saturated rings. The normalized spacial score (nSPS) is 17.2. The summed E-state index contributed by atoms with van der Waals surface area (Å²) in [4.78, 5) is 22.6. The summed E-state index contributed by atoms with van der Waals surface area (Å²) in [5.74, 6) is 1.44. The third-order valence-electron chi connectivity index (χ3n) is 4.92. The number of nitrogens with one attached hydrogen (secondary N) is 1. The smallest absolute Gasteiger partial charge is 0.260 e. The van der Waals surface area contributed by atoms with Crippen molar-refractivity contribution in [3.8, 4) is 0 Å². The minimum absolute atomic E-state index is 0.0211. The molecule has 0 amide bonds. The van der Waals surface area contributed by atoms with Crippen LogP contribution in [-0.2, 0) is 25.8 Å². The number of aromatic amines is 1. The van der Waals surface area contributed by atoms with E-state index in [2.05, 4.69) is 35.5 Å². The van der Waals surface area contributed by atoms with E-state index in [1.165, 1.54) is 22.4 Å². The fourth-order valence-corrected chi connectivity index (χ4v) is 4.87. The predicted octanol–water partition coefficient (Wildman–Crippen LogP) is 3.01. The van der Waals surface area contributed by atoms with Gasteiger partial charge in [0.25, 0.3) is 5.56 Å². The van der Waals surface area contributed by atoms with Crippen LogP contribution in [0.3, 0.4) is 0 Å². The van der Waals surface area contributed by atoms with Crippen LogP contribution >= 0.6 is 11.3 Å². The molecular formula is C19H22N3OS+. The summed E-state index contributed by atoms with van der Waals surface area (Å²) in [6.07, 6.45) is 8.38. The topological polar surface area (TPSA) is 49.6 Å². The SMILES string of the molecule is CCc1cc[n+](Cc2nc3sc4c(c3c(=O)[nH]2)CC[C@H](C)C4)cc1. The molecule has 0 spiro atoms. The van der Waals surface area contributed by atoms with Gasteiger partial charge >= 0.3 is 0 Å². The molecule has 0 saturated carbocycles. The van der Waals surface area contributed by atoms with E-state index in [1.54, 1.807) is 11.3 Å². The van der Waals surface area contributed by atoms with Gasteiger partial charge in [0.05, 0.1) is 5.39 Å². The summed E-state index contributed by atoms with van der Waals surface area (Å²) in [7, 11) is 0. The maximum atomic E-state index is 12.6. The Morgan fingerprint density at radius 1 is 1.38 bits per heavy atom. The number of aromatic nitrogens is 3. The molecule has 0 radical (unpaired) electrons. The van der Waals surface area contributed by atoms with Crippen LogP contribution in [0.1, 0.15) is 42.1 Å². The van der Waals surface area contributed by atoms with Crippen molar-refractivity contribution in [3.05, 3.63) is 56.7 Å². The lowest BCUT2D eigenvalue weighted by atomic mass is 9.89. The first-order valence-electron chi connectivity index (χ1n) is 8.65. The van der Waals surface area contributed by atoms with Crippen LogP contribution in [0.2, 0.25) is 0 Å². The second kappa shape index (κ2) is 6.13. The van der Waals surface area contributed by atoms with Crippen LogP contribution in [0.15, 0.2) is 29.3 Å². The highest BCUT2D eigenvalue weighted by Gasteiger charge is 2.23. The Labute approximate surface area is 145 Å². The van der Waals surface area contributed by atoms with Crippen molar-refractivity contribution in [2.24, 2.45) is 5.92 Å². The van der Waals surface area contributed by atoms with Crippen LogP contribution in [-0.4, -0.2) is 9.97 Å². The molecule has 0 unspecified atom stereocenters. The van der Waals surface area contributed by atoms with E-state index >= 15 is 0 Å². The number of aryl methyl sites for hydroxylation is 2. The van der Waals surface area contributed by atoms with Crippen LogP contribution in [0.25, 0.3) is 10.2 Å². The van der Waals surface area contributed by atoms with Crippen LogP contribution in [0, 0.1) is 5.92 Å². The van der Waals surface area contributed by atoms with Crippen molar-refractivity contribution in [3.63, 3.8) is 0 Å². The van der Waals surface area contributed by atoms with Crippen LogP contribution < -0.4 is 10.1 Å². The van der Waals surface area contributed by atoms with E-state index in [-0.39, 0.29) is 5.56 Å². The van der Waals surface area contributed by atoms with Gasteiger partial charge in [0.2, 0.25) is 6.54 Å². The number of rotatable bonds is 3. The molecule has 0 aliphatic heterocycles. The number of fused-ring (bicyclic) bond motifs is 3. The summed E-state index contributed by atoms with van der Waals surface area (Å²) >= 11 is 1.71. The predicted molar refractivity (Wildman–Crippen MR) is 96.5 cm³/mol. The summed E-state index contributed by atoms with van der Waals surface area (Å²) in [6.45, 7) is 5.02. The van der Waals surface area contributed by atoms with Gasteiger partial charge in [-0.05, 0) is 42.7 Å². The van der Waals surface area contributed by atoms with Crippen molar-refractivity contribution in [2.75, 3.05) is 0 Å². The molecule has 0 aromatic carbocycles. The summed E-state index contributed by atoms with van der Waals surface area (Å²) in [5, 5.41) is 0.831. The lowest BCUT2D eigenvalue weighted by molar-refractivity contribution is -0.689. The van der Waals surface area contributed by atoms with Gasteiger partial charge in [0, 0.05) is 17.0 Å². The minimum atomic E-state index is 0.0211. The fourth-order valence-electron chi connectivity index (χ4n) is 3.47. The maximum absolute atomic E-state index is 12.6. The molecule has 3 aromatic heterocycles. The van der Waals surface area contributed by atoms with Gasteiger partial charge < -0.3 is 4.98 Å². The Hall–Kier alpha value is -2.01. The number of hydrogen-bond acceptors (Lipinski definition) is 3. The number of hydrogen-bond donors (Lipinski definition) is 1. The van der Waals surface area contributed by atoms with Gasteiger partial charge in [-0.15, -0.1) is 11.3 Å². The van der Waals surface area contributed by atoms with E-state index in [9.17, 15) is 4.79 Å². The van der Waals surface area contributed by atoms with E-state index in [4.69, 9.17) is 4.98 Å².